The second kappa shape index (κ2) is 8.51. The maximum atomic E-state index is 12.6. The lowest BCUT2D eigenvalue weighted by Gasteiger charge is -2.19. The van der Waals surface area contributed by atoms with E-state index in [1.807, 2.05) is 18.2 Å². The van der Waals surface area contributed by atoms with Crippen LogP contribution in [0.1, 0.15) is 37.1 Å². The number of amides is 1. The molecule has 2 aromatic heterocycles. The molecule has 1 aliphatic carbocycles. The van der Waals surface area contributed by atoms with E-state index in [-0.39, 0.29) is 39.4 Å². The van der Waals surface area contributed by atoms with Crippen LogP contribution in [0.2, 0.25) is 15.1 Å². The summed E-state index contributed by atoms with van der Waals surface area (Å²) in [6, 6.07) is 7.40. The molecule has 0 bridgehead atoms. The number of aromatic amines is 1. The molecule has 3 aromatic rings. The van der Waals surface area contributed by atoms with E-state index in [1.165, 1.54) is 11.3 Å². The summed E-state index contributed by atoms with van der Waals surface area (Å²) in [7, 11) is 0. The van der Waals surface area contributed by atoms with Crippen LogP contribution in [-0.2, 0) is 6.42 Å². The number of halogens is 3. The average Bonchev–Trinajstić information content (AvgIpc) is 3.14. The lowest BCUT2D eigenvalue weighted by molar-refractivity contribution is 0.0700. The maximum Gasteiger partial charge on any atom is 0.347 e. The standard InChI is InChI=1S/C22H19Cl3N4O3S/c1-9-15(24)16(25)18(26-9)20(30)28-17-11-7-29(8-12(11)17)22-27-14(19(33-22)21(31)32)6-10-4-2-3-5-13(10)23/h2-5,11-12,17,26H,6-8H2,1H3,(H,28,30)(H,31,32)/t11-,12+,17+. The van der Waals surface area contributed by atoms with Crippen molar-refractivity contribution in [2.45, 2.75) is 19.4 Å². The van der Waals surface area contributed by atoms with Gasteiger partial charge < -0.3 is 20.3 Å². The van der Waals surface area contributed by atoms with Crippen LogP contribution in [0, 0.1) is 18.8 Å². The first-order valence-corrected chi connectivity index (χ1v) is 12.3. The summed E-state index contributed by atoms with van der Waals surface area (Å²) in [5, 5.41) is 14.6. The van der Waals surface area contributed by atoms with Gasteiger partial charge in [-0.05, 0) is 18.6 Å². The monoisotopic (exact) mass is 524 g/mol. The number of aryl methyl sites for hydroxylation is 1. The van der Waals surface area contributed by atoms with E-state index in [1.54, 1.807) is 13.0 Å². The summed E-state index contributed by atoms with van der Waals surface area (Å²) < 4.78 is 0. The van der Waals surface area contributed by atoms with E-state index in [2.05, 4.69) is 20.2 Å². The predicted molar refractivity (Wildman–Crippen MR) is 129 cm³/mol. The quantitative estimate of drug-likeness (QED) is 0.425. The summed E-state index contributed by atoms with van der Waals surface area (Å²) in [6.45, 7) is 3.16. The Kier molecular flexibility index (Phi) is 5.81. The second-order valence-corrected chi connectivity index (χ2v) is 10.5. The van der Waals surface area contributed by atoms with Crippen molar-refractivity contribution in [1.82, 2.24) is 15.3 Å². The molecule has 2 fully saturated rings. The molecule has 3 atom stereocenters. The number of piperidine rings is 1. The number of hydrogen-bond donors (Lipinski definition) is 3. The van der Waals surface area contributed by atoms with Gasteiger partial charge in [-0.1, -0.05) is 64.3 Å². The zero-order chi connectivity index (χ0) is 23.4. The largest absolute Gasteiger partial charge is 0.477 e. The van der Waals surface area contributed by atoms with Gasteiger partial charge in [-0.15, -0.1) is 0 Å². The van der Waals surface area contributed by atoms with E-state index in [9.17, 15) is 14.7 Å². The van der Waals surface area contributed by atoms with Gasteiger partial charge in [0.05, 0.1) is 15.7 Å². The van der Waals surface area contributed by atoms with Crippen molar-refractivity contribution in [1.29, 1.82) is 0 Å². The third-order valence-corrected chi connectivity index (χ3v) is 8.70. The molecule has 0 unspecified atom stereocenters. The molecule has 7 nitrogen and oxygen atoms in total. The molecule has 3 N–H and O–H groups in total. The van der Waals surface area contributed by atoms with Gasteiger partial charge in [0, 0.05) is 48.1 Å². The Balaban J connectivity index is 1.26. The fourth-order valence-electron chi connectivity index (χ4n) is 4.43. The van der Waals surface area contributed by atoms with Gasteiger partial charge in [-0.3, -0.25) is 4.79 Å². The number of aromatic carboxylic acids is 1. The van der Waals surface area contributed by atoms with Crippen molar-refractivity contribution in [3.05, 3.63) is 66.9 Å². The highest BCUT2D eigenvalue weighted by molar-refractivity contribution is 7.17. The molecule has 1 amide bonds. The number of nitrogens with one attached hydrogen (secondary N) is 2. The molecular weight excluding hydrogens is 507 g/mol. The number of carboxylic acid groups (broad SMARTS) is 1. The van der Waals surface area contributed by atoms with Gasteiger partial charge in [0.1, 0.15) is 10.6 Å². The third kappa shape index (κ3) is 4.10. The number of fused-ring (bicyclic) bond motifs is 1. The highest BCUT2D eigenvalue weighted by Crippen LogP contribution is 2.48. The average molecular weight is 526 g/mol. The number of rotatable bonds is 6. The number of carbonyl (C=O) groups excluding carboxylic acids is 1. The first kappa shape index (κ1) is 22.5. The van der Waals surface area contributed by atoms with Crippen LogP contribution in [0.25, 0.3) is 0 Å². The number of benzene rings is 1. The number of thiazole rings is 1. The highest BCUT2D eigenvalue weighted by Gasteiger charge is 2.57. The first-order valence-electron chi connectivity index (χ1n) is 10.3. The molecule has 0 spiro atoms. The van der Waals surface area contributed by atoms with E-state index in [4.69, 9.17) is 34.8 Å². The van der Waals surface area contributed by atoms with Gasteiger partial charge in [-0.2, -0.15) is 0 Å². The maximum absolute atomic E-state index is 12.6. The van der Waals surface area contributed by atoms with Crippen molar-refractivity contribution in [3.63, 3.8) is 0 Å². The highest BCUT2D eigenvalue weighted by atomic mass is 35.5. The van der Waals surface area contributed by atoms with E-state index in [0.29, 0.717) is 46.1 Å². The van der Waals surface area contributed by atoms with Crippen molar-refractivity contribution in [3.8, 4) is 0 Å². The SMILES string of the molecule is Cc1[nH]c(C(=O)N[C@H]2[C@@H]3CN(c4nc(Cc5ccccc5Cl)c(C(=O)O)s4)C[C@@H]32)c(Cl)c1Cl. The Bertz CT molecular complexity index is 1260. The Morgan fingerprint density at radius 3 is 2.52 bits per heavy atom. The number of hydrogen-bond acceptors (Lipinski definition) is 5. The lowest BCUT2D eigenvalue weighted by atomic mass is 10.1. The van der Waals surface area contributed by atoms with Gasteiger partial charge in [0.25, 0.3) is 5.91 Å². The summed E-state index contributed by atoms with van der Waals surface area (Å²) in [5.41, 5.74) is 2.27. The van der Waals surface area contributed by atoms with Gasteiger partial charge >= 0.3 is 5.97 Å². The number of carbonyl (C=O) groups is 2. The minimum atomic E-state index is -0.993. The molecule has 11 heteroatoms. The predicted octanol–water partition coefficient (Wildman–Crippen LogP) is 4.89. The van der Waals surface area contributed by atoms with Crippen LogP contribution in [-0.4, -0.2) is 46.1 Å². The van der Waals surface area contributed by atoms with Gasteiger partial charge in [0.2, 0.25) is 0 Å². The normalized spacial score (nSPS) is 21.2. The smallest absolute Gasteiger partial charge is 0.347 e. The fraction of sp³-hybridized carbons (Fsp3) is 0.318. The van der Waals surface area contributed by atoms with Crippen LogP contribution in [0.4, 0.5) is 5.13 Å². The number of nitrogens with zero attached hydrogens (tertiary/aromatic N) is 2. The van der Waals surface area contributed by atoms with Crippen molar-refractivity contribution in [2.75, 3.05) is 18.0 Å². The number of carboxylic acids is 1. The molecule has 0 radical (unpaired) electrons. The van der Waals surface area contributed by atoms with Gasteiger partial charge in [-0.25, -0.2) is 9.78 Å². The molecule has 1 aromatic carbocycles. The molecule has 5 rings (SSSR count). The number of aromatic nitrogens is 2. The zero-order valence-electron chi connectivity index (χ0n) is 17.4. The van der Waals surface area contributed by atoms with Crippen molar-refractivity contribution >= 4 is 63.1 Å². The topological polar surface area (TPSA) is 98.3 Å². The third-order valence-electron chi connectivity index (χ3n) is 6.24. The molecule has 1 aliphatic heterocycles. The Hall–Kier alpha value is -2.26. The minimum Gasteiger partial charge on any atom is -0.477 e. The first-order chi connectivity index (χ1) is 15.7. The molecular formula is C22H19Cl3N4O3S. The van der Waals surface area contributed by atoms with Crippen LogP contribution in [0.3, 0.4) is 0 Å². The lowest BCUT2D eigenvalue weighted by Crippen LogP contribution is -2.34. The Labute approximate surface area is 208 Å². The summed E-state index contributed by atoms with van der Waals surface area (Å²) in [6.07, 6.45) is 0.357. The minimum absolute atomic E-state index is 0.0497. The van der Waals surface area contributed by atoms with Crippen molar-refractivity contribution in [2.24, 2.45) is 11.8 Å². The number of H-pyrrole nitrogens is 1. The molecule has 1 saturated heterocycles. The van der Waals surface area contributed by atoms with E-state index < -0.39 is 5.97 Å². The van der Waals surface area contributed by atoms with Crippen molar-refractivity contribution < 1.29 is 14.7 Å². The Morgan fingerprint density at radius 1 is 1.21 bits per heavy atom. The van der Waals surface area contributed by atoms with E-state index in [0.717, 1.165) is 5.56 Å². The van der Waals surface area contributed by atoms with Crippen LogP contribution in [0.5, 0.6) is 0 Å². The Morgan fingerprint density at radius 2 is 1.91 bits per heavy atom. The van der Waals surface area contributed by atoms with E-state index >= 15 is 0 Å². The van der Waals surface area contributed by atoms with Crippen LogP contribution < -0.4 is 10.2 Å². The summed E-state index contributed by atoms with van der Waals surface area (Å²) in [4.78, 5) is 34.3. The van der Waals surface area contributed by atoms with Crippen LogP contribution in [0.15, 0.2) is 24.3 Å². The van der Waals surface area contributed by atoms with Crippen LogP contribution >= 0.6 is 46.1 Å². The second-order valence-electron chi connectivity index (χ2n) is 8.33. The molecule has 172 valence electrons. The fourth-order valence-corrected chi connectivity index (χ4v) is 5.99. The zero-order valence-corrected chi connectivity index (χ0v) is 20.4. The molecule has 33 heavy (non-hydrogen) atoms. The van der Waals surface area contributed by atoms with Gasteiger partial charge in [0.15, 0.2) is 5.13 Å². The summed E-state index contributed by atoms with van der Waals surface area (Å²) >= 11 is 19.7. The molecule has 3 heterocycles. The summed E-state index contributed by atoms with van der Waals surface area (Å²) in [5.74, 6) is -0.704. The number of anilines is 1. The molecule has 1 saturated carbocycles. The molecule has 2 aliphatic rings.